The van der Waals surface area contributed by atoms with Gasteiger partial charge >= 0.3 is 0 Å². The lowest BCUT2D eigenvalue weighted by Crippen LogP contribution is -2.15. The van der Waals surface area contributed by atoms with E-state index in [9.17, 15) is 4.79 Å². The molecule has 3 aromatic rings. The predicted octanol–water partition coefficient (Wildman–Crippen LogP) is 4.43. The van der Waals surface area contributed by atoms with Crippen molar-refractivity contribution in [3.63, 3.8) is 0 Å². The van der Waals surface area contributed by atoms with Crippen LogP contribution in [0.3, 0.4) is 0 Å². The summed E-state index contributed by atoms with van der Waals surface area (Å²) in [5, 5.41) is 2.99. The molecule has 1 N–H and O–H groups in total. The van der Waals surface area contributed by atoms with Crippen LogP contribution in [0.15, 0.2) is 60.7 Å². The van der Waals surface area contributed by atoms with Gasteiger partial charge in [-0.25, -0.2) is 4.98 Å². The highest BCUT2D eigenvalue weighted by Crippen LogP contribution is 2.50. The number of carbonyl (C=O) groups excluding carboxylic acids is 1. The Labute approximate surface area is 169 Å². The van der Waals surface area contributed by atoms with Crippen LogP contribution in [-0.4, -0.2) is 24.6 Å². The van der Waals surface area contributed by atoms with Crippen molar-refractivity contribution in [3.8, 4) is 22.8 Å². The second-order valence-electron chi connectivity index (χ2n) is 7.51. The van der Waals surface area contributed by atoms with E-state index in [0.717, 1.165) is 47.8 Å². The predicted molar refractivity (Wildman–Crippen MR) is 111 cm³/mol. The maximum Gasteiger partial charge on any atom is 0.229 e. The molecule has 0 saturated heterocycles. The highest BCUT2D eigenvalue weighted by atomic mass is 16.5. The number of rotatable bonds is 5. The molecule has 2 aliphatic rings. The minimum Gasteiger partial charge on any atom is -0.496 e. The molecule has 2 unspecified atom stereocenters. The van der Waals surface area contributed by atoms with Crippen LogP contribution in [0, 0.1) is 5.92 Å². The molecule has 5 heteroatoms. The molecule has 2 atom stereocenters. The summed E-state index contributed by atoms with van der Waals surface area (Å²) in [6.45, 7) is 0.733. The monoisotopic (exact) mass is 386 g/mol. The Morgan fingerprint density at radius 2 is 2.03 bits per heavy atom. The Morgan fingerprint density at radius 1 is 1.14 bits per heavy atom. The topological polar surface area (TPSA) is 60.5 Å². The molecule has 1 amide bonds. The SMILES string of the molecule is COc1ccccc1C1CC1C(=O)Nc1cccc(-c2ccc3c(c2)CCO3)n1. The van der Waals surface area contributed by atoms with Crippen molar-refractivity contribution in [2.24, 2.45) is 5.92 Å². The number of pyridine rings is 1. The summed E-state index contributed by atoms with van der Waals surface area (Å²) in [7, 11) is 1.66. The van der Waals surface area contributed by atoms with Crippen molar-refractivity contribution in [2.45, 2.75) is 18.8 Å². The third-order valence-electron chi connectivity index (χ3n) is 5.65. The fraction of sp³-hybridized carbons (Fsp3) is 0.250. The maximum absolute atomic E-state index is 12.8. The van der Waals surface area contributed by atoms with Gasteiger partial charge in [0.1, 0.15) is 17.3 Å². The maximum atomic E-state index is 12.8. The van der Waals surface area contributed by atoms with E-state index in [1.807, 2.05) is 54.6 Å². The first-order valence-corrected chi connectivity index (χ1v) is 9.90. The minimum atomic E-state index is -0.0473. The van der Waals surface area contributed by atoms with Crippen LogP contribution in [0.5, 0.6) is 11.5 Å². The van der Waals surface area contributed by atoms with E-state index >= 15 is 0 Å². The number of nitrogens with one attached hydrogen (secondary N) is 1. The molecule has 2 heterocycles. The van der Waals surface area contributed by atoms with Crippen LogP contribution in [0.4, 0.5) is 5.82 Å². The van der Waals surface area contributed by atoms with Crippen molar-refractivity contribution in [3.05, 3.63) is 71.8 Å². The lowest BCUT2D eigenvalue weighted by Gasteiger charge is -2.09. The Morgan fingerprint density at radius 3 is 2.93 bits per heavy atom. The molecule has 29 heavy (non-hydrogen) atoms. The first-order chi connectivity index (χ1) is 14.2. The number of para-hydroxylation sites is 1. The van der Waals surface area contributed by atoms with E-state index < -0.39 is 0 Å². The molecular formula is C24H22N2O3. The highest BCUT2D eigenvalue weighted by molar-refractivity contribution is 5.94. The number of nitrogens with zero attached hydrogens (tertiary/aromatic N) is 1. The third-order valence-corrected chi connectivity index (χ3v) is 5.65. The van der Waals surface area contributed by atoms with Gasteiger partial charge in [-0.1, -0.05) is 24.3 Å². The summed E-state index contributed by atoms with van der Waals surface area (Å²) in [5.41, 5.74) is 4.17. The molecule has 1 saturated carbocycles. The number of methoxy groups -OCH3 is 1. The molecule has 0 radical (unpaired) electrons. The van der Waals surface area contributed by atoms with Gasteiger partial charge in [0.25, 0.3) is 0 Å². The van der Waals surface area contributed by atoms with Crippen molar-refractivity contribution >= 4 is 11.7 Å². The summed E-state index contributed by atoms with van der Waals surface area (Å²) in [4.78, 5) is 17.4. The van der Waals surface area contributed by atoms with Gasteiger partial charge in [0.05, 0.1) is 19.4 Å². The number of fused-ring (bicyclic) bond motifs is 1. The average Bonchev–Trinajstić information content (AvgIpc) is 3.42. The largest absolute Gasteiger partial charge is 0.496 e. The van der Waals surface area contributed by atoms with Gasteiger partial charge in [-0.15, -0.1) is 0 Å². The molecule has 1 aliphatic carbocycles. The van der Waals surface area contributed by atoms with Gasteiger partial charge in [0.2, 0.25) is 5.91 Å². The van der Waals surface area contributed by atoms with Crippen molar-refractivity contribution < 1.29 is 14.3 Å². The lowest BCUT2D eigenvalue weighted by atomic mass is 10.1. The van der Waals surface area contributed by atoms with Crippen LogP contribution in [0.25, 0.3) is 11.3 Å². The first-order valence-electron chi connectivity index (χ1n) is 9.90. The zero-order valence-electron chi connectivity index (χ0n) is 16.2. The molecular weight excluding hydrogens is 364 g/mol. The van der Waals surface area contributed by atoms with Gasteiger partial charge in [-0.3, -0.25) is 4.79 Å². The van der Waals surface area contributed by atoms with Crippen molar-refractivity contribution in [1.29, 1.82) is 0 Å². The summed E-state index contributed by atoms with van der Waals surface area (Å²) in [5.74, 6) is 2.53. The van der Waals surface area contributed by atoms with Crippen LogP contribution >= 0.6 is 0 Å². The second-order valence-corrected chi connectivity index (χ2v) is 7.51. The molecule has 0 bridgehead atoms. The molecule has 1 fully saturated rings. The van der Waals surface area contributed by atoms with E-state index in [0.29, 0.717) is 5.82 Å². The van der Waals surface area contributed by atoms with Crippen LogP contribution in [-0.2, 0) is 11.2 Å². The number of amides is 1. The molecule has 5 nitrogen and oxygen atoms in total. The second kappa shape index (κ2) is 7.24. The number of benzene rings is 2. The highest BCUT2D eigenvalue weighted by Gasteiger charge is 2.45. The van der Waals surface area contributed by atoms with E-state index in [4.69, 9.17) is 9.47 Å². The fourth-order valence-electron chi connectivity index (χ4n) is 4.03. The van der Waals surface area contributed by atoms with Crippen LogP contribution < -0.4 is 14.8 Å². The van der Waals surface area contributed by atoms with Gasteiger partial charge in [0, 0.05) is 17.9 Å². The van der Waals surface area contributed by atoms with Gasteiger partial charge in [-0.2, -0.15) is 0 Å². The molecule has 1 aromatic heterocycles. The Balaban J connectivity index is 1.30. The quantitative estimate of drug-likeness (QED) is 0.704. The lowest BCUT2D eigenvalue weighted by molar-refractivity contribution is -0.117. The Bertz CT molecular complexity index is 1080. The fourth-order valence-corrected chi connectivity index (χ4v) is 4.03. The minimum absolute atomic E-state index is 0.00732. The summed E-state index contributed by atoms with van der Waals surface area (Å²) in [6.07, 6.45) is 1.75. The third kappa shape index (κ3) is 3.44. The molecule has 5 rings (SSSR count). The standard InChI is InChI=1S/C24H22N2O3/c1-28-22-7-3-2-5-17(22)18-14-19(18)24(27)26-23-8-4-6-20(25-23)15-9-10-21-16(13-15)11-12-29-21/h2-10,13,18-19H,11-12,14H2,1H3,(H,25,26,27). The van der Waals surface area contributed by atoms with Crippen molar-refractivity contribution in [2.75, 3.05) is 19.0 Å². The molecule has 146 valence electrons. The van der Waals surface area contributed by atoms with Gasteiger partial charge < -0.3 is 14.8 Å². The Hall–Kier alpha value is -3.34. The Kier molecular flexibility index (Phi) is 4.43. The number of ether oxygens (including phenoxy) is 2. The zero-order valence-corrected chi connectivity index (χ0v) is 16.2. The number of hydrogen-bond donors (Lipinski definition) is 1. The molecule has 0 spiro atoms. The van der Waals surface area contributed by atoms with Gasteiger partial charge in [0.15, 0.2) is 0 Å². The van der Waals surface area contributed by atoms with Gasteiger partial charge in [-0.05, 0) is 59.9 Å². The van der Waals surface area contributed by atoms with Crippen molar-refractivity contribution in [1.82, 2.24) is 4.98 Å². The number of carbonyl (C=O) groups is 1. The first kappa shape index (κ1) is 17.7. The smallest absolute Gasteiger partial charge is 0.229 e. The molecule has 1 aliphatic heterocycles. The van der Waals surface area contributed by atoms with Crippen LogP contribution in [0.1, 0.15) is 23.5 Å². The number of aromatic nitrogens is 1. The van der Waals surface area contributed by atoms with E-state index in [-0.39, 0.29) is 17.7 Å². The van der Waals surface area contributed by atoms with E-state index in [1.54, 1.807) is 7.11 Å². The normalized spacial score (nSPS) is 19.2. The summed E-state index contributed by atoms with van der Waals surface area (Å²) in [6, 6.07) is 19.7. The number of hydrogen-bond acceptors (Lipinski definition) is 4. The number of anilines is 1. The van der Waals surface area contributed by atoms with Crippen LogP contribution in [0.2, 0.25) is 0 Å². The molecule has 2 aromatic carbocycles. The summed E-state index contributed by atoms with van der Waals surface area (Å²) < 4.78 is 11.0. The average molecular weight is 386 g/mol. The summed E-state index contributed by atoms with van der Waals surface area (Å²) >= 11 is 0. The zero-order chi connectivity index (χ0) is 19.8. The van der Waals surface area contributed by atoms with E-state index in [2.05, 4.69) is 16.4 Å². The van der Waals surface area contributed by atoms with E-state index in [1.165, 1.54) is 5.56 Å².